The largest absolute Gasteiger partial charge is 0.494 e. The summed E-state index contributed by atoms with van der Waals surface area (Å²) < 4.78 is 5.69. The molecule has 0 bridgehead atoms. The number of hydrogen-bond acceptors (Lipinski definition) is 5. The number of aromatic nitrogens is 2. The summed E-state index contributed by atoms with van der Waals surface area (Å²) in [5.41, 5.74) is 8.01. The summed E-state index contributed by atoms with van der Waals surface area (Å²) in [7, 11) is 0. The maximum Gasteiger partial charge on any atom is 0.154 e. The van der Waals surface area contributed by atoms with E-state index in [0.717, 1.165) is 58.7 Å². The van der Waals surface area contributed by atoms with E-state index in [1.165, 1.54) is 0 Å². The molecule has 0 amide bonds. The van der Waals surface area contributed by atoms with Crippen LogP contribution in [0.25, 0.3) is 23.1 Å². The number of nitrogens with one attached hydrogen (secondary N) is 1. The Kier molecular flexibility index (Phi) is 10.0. The Labute approximate surface area is 206 Å². The molecule has 3 aromatic rings. The van der Waals surface area contributed by atoms with Gasteiger partial charge in [0.2, 0.25) is 0 Å². The van der Waals surface area contributed by atoms with Crippen LogP contribution in [0.1, 0.15) is 44.0 Å². The van der Waals surface area contributed by atoms with E-state index >= 15 is 0 Å². The van der Waals surface area contributed by atoms with Gasteiger partial charge in [0.1, 0.15) is 11.6 Å². The lowest BCUT2D eigenvalue weighted by atomic mass is 9.92. The van der Waals surface area contributed by atoms with Crippen LogP contribution >= 0.6 is 36.4 Å². The normalized spacial score (nSPS) is 18.1. The Morgan fingerprint density at radius 1 is 1.03 bits per heavy atom. The molecule has 172 valence electrons. The third-order valence-corrected chi connectivity index (χ3v) is 5.66. The molecule has 1 aromatic heterocycles. The molecule has 0 atom stereocenters. The summed E-state index contributed by atoms with van der Waals surface area (Å²) in [5, 5.41) is 5.34. The van der Waals surface area contributed by atoms with Crippen LogP contribution in [-0.4, -0.2) is 28.7 Å². The fraction of sp³-hybridized carbons (Fsp3) is 0.333. The van der Waals surface area contributed by atoms with Gasteiger partial charge in [-0.15, -0.1) is 24.8 Å². The Morgan fingerprint density at radius 3 is 2.44 bits per heavy atom. The molecule has 0 aliphatic heterocycles. The summed E-state index contributed by atoms with van der Waals surface area (Å²) in [6, 6.07) is 14.3. The topological polar surface area (TPSA) is 73.1 Å². The Balaban J connectivity index is 0.00000181. The number of fused-ring (bicyclic) bond motifs is 1. The van der Waals surface area contributed by atoms with Crippen LogP contribution in [0.3, 0.4) is 0 Å². The Hall–Kier alpha value is -2.05. The van der Waals surface area contributed by atoms with Gasteiger partial charge in [0, 0.05) is 22.5 Å². The number of ether oxygens (including phenoxy) is 1. The predicted octanol–water partition coefficient (Wildman–Crippen LogP) is 6.38. The van der Waals surface area contributed by atoms with Crippen molar-refractivity contribution in [2.24, 2.45) is 5.73 Å². The van der Waals surface area contributed by atoms with Gasteiger partial charge in [-0.05, 0) is 74.6 Å². The van der Waals surface area contributed by atoms with E-state index in [9.17, 15) is 0 Å². The number of rotatable bonds is 6. The van der Waals surface area contributed by atoms with Gasteiger partial charge in [-0.25, -0.2) is 9.97 Å². The maximum absolute atomic E-state index is 6.07. The van der Waals surface area contributed by atoms with E-state index in [1.54, 1.807) is 0 Å². The molecule has 1 heterocycles. The van der Waals surface area contributed by atoms with Crippen molar-refractivity contribution >= 4 is 65.3 Å². The van der Waals surface area contributed by atoms with Crippen molar-refractivity contribution in [2.45, 2.75) is 44.7 Å². The number of hydrogen-bond donors (Lipinski definition) is 2. The van der Waals surface area contributed by atoms with E-state index in [-0.39, 0.29) is 24.8 Å². The highest BCUT2D eigenvalue weighted by atomic mass is 35.5. The van der Waals surface area contributed by atoms with Gasteiger partial charge in [0.25, 0.3) is 0 Å². The van der Waals surface area contributed by atoms with E-state index in [0.29, 0.717) is 24.5 Å². The average Bonchev–Trinajstić information content (AvgIpc) is 2.75. The molecular formula is C24H29Cl3N4O. The van der Waals surface area contributed by atoms with Gasteiger partial charge in [0.05, 0.1) is 12.1 Å². The van der Waals surface area contributed by atoms with Crippen molar-refractivity contribution in [1.29, 1.82) is 0 Å². The van der Waals surface area contributed by atoms with Gasteiger partial charge < -0.3 is 15.8 Å². The molecule has 1 fully saturated rings. The highest BCUT2D eigenvalue weighted by Gasteiger charge is 2.20. The molecule has 3 N–H and O–H groups in total. The molecule has 32 heavy (non-hydrogen) atoms. The van der Waals surface area contributed by atoms with E-state index in [2.05, 4.69) is 5.32 Å². The van der Waals surface area contributed by atoms with Gasteiger partial charge in [-0.3, -0.25) is 0 Å². The lowest BCUT2D eigenvalue weighted by Gasteiger charge is -2.27. The fourth-order valence-electron chi connectivity index (χ4n) is 3.77. The van der Waals surface area contributed by atoms with Gasteiger partial charge in [0.15, 0.2) is 5.82 Å². The molecule has 0 spiro atoms. The molecule has 2 aromatic carbocycles. The monoisotopic (exact) mass is 494 g/mol. The minimum atomic E-state index is 0. The maximum atomic E-state index is 6.07. The third kappa shape index (κ3) is 6.72. The van der Waals surface area contributed by atoms with E-state index < -0.39 is 0 Å². The number of anilines is 1. The highest BCUT2D eigenvalue weighted by Crippen LogP contribution is 2.29. The van der Waals surface area contributed by atoms with Gasteiger partial charge >= 0.3 is 0 Å². The van der Waals surface area contributed by atoms with Crippen LogP contribution in [0.5, 0.6) is 5.75 Å². The standard InChI is InChI=1S/C24H27ClN4O.2ClH/c1-2-30-20-12-13-22-21(15-20)24(27-19-10-8-18(26)9-11-19)29-23(28-22)14-5-16-3-6-17(25)7-4-16;;/h3-7,12-15,18-19H,2,8-11,26H2,1H3,(H,27,28,29);2*1H. The van der Waals surface area contributed by atoms with Crippen LogP contribution in [0.2, 0.25) is 5.02 Å². The molecule has 4 rings (SSSR count). The molecule has 5 nitrogen and oxygen atoms in total. The van der Waals surface area contributed by atoms with Crippen molar-refractivity contribution in [3.63, 3.8) is 0 Å². The molecule has 0 unspecified atom stereocenters. The van der Waals surface area contributed by atoms with Crippen LogP contribution in [0.15, 0.2) is 42.5 Å². The summed E-state index contributed by atoms with van der Waals surface area (Å²) in [6.07, 6.45) is 8.10. The van der Waals surface area contributed by atoms with Crippen molar-refractivity contribution in [2.75, 3.05) is 11.9 Å². The first-order valence-corrected chi connectivity index (χ1v) is 10.9. The first kappa shape index (κ1) is 26.2. The van der Waals surface area contributed by atoms with Crippen LogP contribution in [0.4, 0.5) is 5.82 Å². The lowest BCUT2D eigenvalue weighted by molar-refractivity contribution is 0.340. The Morgan fingerprint density at radius 2 is 1.75 bits per heavy atom. The zero-order valence-electron chi connectivity index (χ0n) is 18.0. The molecule has 1 aliphatic carbocycles. The zero-order chi connectivity index (χ0) is 20.9. The first-order valence-electron chi connectivity index (χ1n) is 10.5. The number of halogens is 3. The second-order valence-corrected chi connectivity index (χ2v) is 8.12. The van der Waals surface area contributed by atoms with Crippen molar-refractivity contribution in [3.05, 3.63) is 58.9 Å². The van der Waals surface area contributed by atoms with Crippen LogP contribution < -0.4 is 15.8 Å². The van der Waals surface area contributed by atoms with E-state index in [1.807, 2.05) is 61.5 Å². The quantitative estimate of drug-likeness (QED) is 0.415. The van der Waals surface area contributed by atoms with Crippen LogP contribution in [0, 0.1) is 0 Å². The van der Waals surface area contributed by atoms with Crippen LogP contribution in [-0.2, 0) is 0 Å². The minimum absolute atomic E-state index is 0. The summed E-state index contributed by atoms with van der Waals surface area (Å²) >= 11 is 5.98. The number of nitrogens with two attached hydrogens (primary N) is 1. The summed E-state index contributed by atoms with van der Waals surface area (Å²) in [6.45, 7) is 2.60. The molecule has 1 aliphatic rings. The average molecular weight is 496 g/mol. The van der Waals surface area contributed by atoms with Crippen molar-refractivity contribution in [1.82, 2.24) is 9.97 Å². The zero-order valence-corrected chi connectivity index (χ0v) is 20.3. The third-order valence-electron chi connectivity index (χ3n) is 5.40. The first-order chi connectivity index (χ1) is 14.6. The predicted molar refractivity (Wildman–Crippen MR) is 139 cm³/mol. The number of nitrogens with zero attached hydrogens (tertiary/aromatic N) is 2. The van der Waals surface area contributed by atoms with Gasteiger partial charge in [-0.1, -0.05) is 29.8 Å². The highest BCUT2D eigenvalue weighted by molar-refractivity contribution is 6.30. The molecule has 8 heteroatoms. The lowest BCUT2D eigenvalue weighted by Crippen LogP contribution is -2.33. The Bertz CT molecular complexity index is 1040. The van der Waals surface area contributed by atoms with Gasteiger partial charge in [-0.2, -0.15) is 0 Å². The molecule has 0 radical (unpaired) electrons. The van der Waals surface area contributed by atoms with E-state index in [4.69, 9.17) is 32.0 Å². The SMILES string of the molecule is CCOc1ccc2nc(C=Cc3ccc(Cl)cc3)nc(NC3CCC(N)CC3)c2c1.Cl.Cl. The minimum Gasteiger partial charge on any atom is -0.494 e. The summed E-state index contributed by atoms with van der Waals surface area (Å²) in [5.74, 6) is 2.33. The molecular weight excluding hydrogens is 467 g/mol. The number of benzene rings is 2. The molecule has 1 saturated carbocycles. The second kappa shape index (κ2) is 12.3. The van der Waals surface area contributed by atoms with Crippen molar-refractivity contribution < 1.29 is 4.74 Å². The smallest absolute Gasteiger partial charge is 0.154 e. The van der Waals surface area contributed by atoms with Crippen molar-refractivity contribution in [3.8, 4) is 5.75 Å². The molecule has 0 saturated heterocycles. The second-order valence-electron chi connectivity index (χ2n) is 7.68. The summed E-state index contributed by atoms with van der Waals surface area (Å²) in [4.78, 5) is 9.56. The fourth-order valence-corrected chi connectivity index (χ4v) is 3.89.